The summed E-state index contributed by atoms with van der Waals surface area (Å²) in [6.45, 7) is 5.58. The first-order valence-corrected chi connectivity index (χ1v) is 9.60. The molecule has 0 aliphatic heterocycles. The van der Waals surface area contributed by atoms with Crippen molar-refractivity contribution in [2.75, 3.05) is 39.2 Å². The fraction of sp³-hybridized carbons (Fsp3) is 0.688. The monoisotopic (exact) mass is 483 g/mol. The maximum absolute atomic E-state index is 11.8. The van der Waals surface area contributed by atoms with Crippen LogP contribution in [0.5, 0.6) is 0 Å². The molecule has 1 rings (SSSR count). The van der Waals surface area contributed by atoms with Crippen LogP contribution in [0.25, 0.3) is 0 Å². The van der Waals surface area contributed by atoms with Crippen molar-refractivity contribution in [2.24, 2.45) is 4.99 Å². The zero-order valence-corrected chi connectivity index (χ0v) is 18.9. The van der Waals surface area contributed by atoms with Crippen molar-refractivity contribution < 1.29 is 9.32 Å². The average Bonchev–Trinajstić information content (AvgIpc) is 2.98. The summed E-state index contributed by atoms with van der Waals surface area (Å²) in [5.74, 6) is 2.48. The van der Waals surface area contributed by atoms with Crippen LogP contribution in [0.3, 0.4) is 0 Å². The first-order chi connectivity index (χ1) is 11.5. The van der Waals surface area contributed by atoms with Crippen LogP contribution in [-0.2, 0) is 24.2 Å². The van der Waals surface area contributed by atoms with E-state index < -0.39 is 0 Å². The number of carbonyl (C=O) groups excluding carboxylic acids is 1. The van der Waals surface area contributed by atoms with Crippen LogP contribution < -0.4 is 10.6 Å². The molecule has 0 spiro atoms. The van der Waals surface area contributed by atoms with Gasteiger partial charge in [-0.1, -0.05) is 19.0 Å². The van der Waals surface area contributed by atoms with E-state index in [4.69, 9.17) is 4.52 Å². The minimum absolute atomic E-state index is 0. The van der Waals surface area contributed by atoms with Gasteiger partial charge in [0, 0.05) is 38.4 Å². The van der Waals surface area contributed by atoms with E-state index in [1.165, 1.54) is 0 Å². The molecule has 0 fully saturated rings. The van der Waals surface area contributed by atoms with Crippen LogP contribution in [0.1, 0.15) is 30.9 Å². The molecule has 0 bridgehead atoms. The van der Waals surface area contributed by atoms with Crippen LogP contribution in [0.2, 0.25) is 0 Å². The van der Waals surface area contributed by atoms with E-state index in [1.807, 2.05) is 6.92 Å². The Morgan fingerprint density at radius 2 is 2.00 bits per heavy atom. The lowest BCUT2D eigenvalue weighted by Gasteiger charge is -2.14. The highest BCUT2D eigenvalue weighted by molar-refractivity contribution is 14.0. The van der Waals surface area contributed by atoms with E-state index in [9.17, 15) is 4.79 Å². The zero-order chi connectivity index (χ0) is 17.9. The standard InChI is InChI=1S/C16H29N5O2S.HI/c1-6-13-12(14(7-2)23-20-13)10-18-16(17-8-9-24-5)19-11-15(22)21(3)4;/h6-11H2,1-5H3,(H2,17,18,19);1H. The average molecular weight is 483 g/mol. The number of halogens is 1. The zero-order valence-electron chi connectivity index (χ0n) is 15.7. The topological polar surface area (TPSA) is 82.8 Å². The SMILES string of the molecule is CCc1noc(CC)c1CN=C(NCCSC)NCC(=O)N(C)C.I. The second-order valence-corrected chi connectivity index (χ2v) is 6.45. The molecule has 0 saturated carbocycles. The van der Waals surface area contributed by atoms with Gasteiger partial charge in [-0.25, -0.2) is 4.99 Å². The lowest BCUT2D eigenvalue weighted by molar-refractivity contribution is -0.127. The van der Waals surface area contributed by atoms with Gasteiger partial charge in [0.2, 0.25) is 5.91 Å². The number of nitrogens with one attached hydrogen (secondary N) is 2. The molecular formula is C16H30IN5O2S. The van der Waals surface area contributed by atoms with Crippen molar-refractivity contribution in [2.45, 2.75) is 33.2 Å². The van der Waals surface area contributed by atoms with Gasteiger partial charge in [-0.05, 0) is 12.7 Å². The second kappa shape index (κ2) is 13.3. The number of carbonyl (C=O) groups is 1. The van der Waals surface area contributed by atoms with Crippen molar-refractivity contribution in [1.82, 2.24) is 20.7 Å². The Morgan fingerprint density at radius 1 is 1.28 bits per heavy atom. The van der Waals surface area contributed by atoms with Crippen molar-refractivity contribution in [3.8, 4) is 0 Å². The van der Waals surface area contributed by atoms with Gasteiger partial charge in [0.1, 0.15) is 5.76 Å². The number of aromatic nitrogens is 1. The quantitative estimate of drug-likeness (QED) is 0.242. The van der Waals surface area contributed by atoms with E-state index in [0.29, 0.717) is 12.5 Å². The Morgan fingerprint density at radius 3 is 2.56 bits per heavy atom. The van der Waals surface area contributed by atoms with Crippen molar-refractivity contribution >= 4 is 47.6 Å². The van der Waals surface area contributed by atoms with Gasteiger partial charge in [-0.2, -0.15) is 11.8 Å². The molecular weight excluding hydrogens is 453 g/mol. The maximum Gasteiger partial charge on any atom is 0.241 e. The summed E-state index contributed by atoms with van der Waals surface area (Å²) in [7, 11) is 3.47. The van der Waals surface area contributed by atoms with Crippen LogP contribution in [0, 0.1) is 0 Å². The van der Waals surface area contributed by atoms with Crippen LogP contribution in [0.15, 0.2) is 9.52 Å². The molecule has 0 radical (unpaired) electrons. The highest BCUT2D eigenvalue weighted by Gasteiger charge is 2.13. The molecule has 25 heavy (non-hydrogen) atoms. The smallest absolute Gasteiger partial charge is 0.241 e. The summed E-state index contributed by atoms with van der Waals surface area (Å²) < 4.78 is 5.37. The number of hydrogen-bond donors (Lipinski definition) is 2. The summed E-state index contributed by atoms with van der Waals surface area (Å²) in [5, 5.41) is 10.4. The summed E-state index contributed by atoms with van der Waals surface area (Å²) in [6, 6.07) is 0. The van der Waals surface area contributed by atoms with Crippen molar-refractivity contribution in [3.63, 3.8) is 0 Å². The molecule has 0 atom stereocenters. The minimum atomic E-state index is 0. The number of amides is 1. The molecule has 1 aromatic rings. The van der Waals surface area contributed by atoms with Gasteiger partial charge in [-0.15, -0.1) is 24.0 Å². The van der Waals surface area contributed by atoms with Crippen molar-refractivity contribution in [1.29, 1.82) is 0 Å². The van der Waals surface area contributed by atoms with E-state index in [1.54, 1.807) is 30.8 Å². The fourth-order valence-corrected chi connectivity index (χ4v) is 2.34. The first-order valence-electron chi connectivity index (χ1n) is 8.20. The highest BCUT2D eigenvalue weighted by atomic mass is 127. The molecule has 2 N–H and O–H groups in total. The van der Waals surface area contributed by atoms with Gasteiger partial charge >= 0.3 is 0 Å². The number of hydrogen-bond acceptors (Lipinski definition) is 5. The van der Waals surface area contributed by atoms with Gasteiger partial charge < -0.3 is 20.1 Å². The van der Waals surface area contributed by atoms with Gasteiger partial charge in [-0.3, -0.25) is 4.79 Å². The van der Waals surface area contributed by atoms with Gasteiger partial charge in [0.05, 0.1) is 18.8 Å². The van der Waals surface area contributed by atoms with Gasteiger partial charge in [0.15, 0.2) is 5.96 Å². The number of thioether (sulfide) groups is 1. The Labute approximate surface area is 171 Å². The van der Waals surface area contributed by atoms with Crippen LogP contribution in [-0.4, -0.2) is 61.1 Å². The highest BCUT2D eigenvalue weighted by Crippen LogP contribution is 2.16. The van der Waals surface area contributed by atoms with E-state index in [0.717, 1.165) is 42.2 Å². The number of aliphatic imine (C=N–C) groups is 1. The lowest BCUT2D eigenvalue weighted by atomic mass is 10.1. The number of rotatable bonds is 9. The normalized spacial score (nSPS) is 11.0. The van der Waals surface area contributed by atoms with Gasteiger partial charge in [0.25, 0.3) is 0 Å². The molecule has 0 aromatic carbocycles. The maximum atomic E-state index is 11.8. The Kier molecular flexibility index (Phi) is 12.7. The summed E-state index contributed by atoms with van der Waals surface area (Å²) >= 11 is 1.76. The third-order valence-electron chi connectivity index (χ3n) is 3.51. The lowest BCUT2D eigenvalue weighted by Crippen LogP contribution is -2.43. The van der Waals surface area contributed by atoms with E-state index in [2.05, 4.69) is 34.0 Å². The molecule has 144 valence electrons. The number of likely N-dealkylation sites (N-methyl/N-ethyl adjacent to an activating group) is 1. The third-order valence-corrected chi connectivity index (χ3v) is 4.12. The Balaban J connectivity index is 0.00000576. The molecule has 1 aromatic heterocycles. The molecule has 1 heterocycles. The number of nitrogens with zero attached hydrogens (tertiary/aromatic N) is 3. The predicted octanol–water partition coefficient (Wildman–Crippen LogP) is 1.90. The van der Waals surface area contributed by atoms with Crippen LogP contribution >= 0.6 is 35.7 Å². The molecule has 1 amide bonds. The third kappa shape index (κ3) is 8.30. The van der Waals surface area contributed by atoms with Crippen LogP contribution in [0.4, 0.5) is 0 Å². The largest absolute Gasteiger partial charge is 0.361 e. The molecule has 0 saturated heterocycles. The number of aryl methyl sites for hydroxylation is 2. The molecule has 7 nitrogen and oxygen atoms in total. The molecule has 9 heteroatoms. The summed E-state index contributed by atoms with van der Waals surface area (Å²) in [5.41, 5.74) is 1.99. The molecule has 0 unspecified atom stereocenters. The van der Waals surface area contributed by atoms with E-state index in [-0.39, 0.29) is 36.4 Å². The van der Waals surface area contributed by atoms with Crippen molar-refractivity contribution in [3.05, 3.63) is 17.0 Å². The second-order valence-electron chi connectivity index (χ2n) is 5.46. The molecule has 0 aliphatic rings. The molecule has 0 aliphatic carbocycles. The first kappa shape index (κ1) is 24.0. The Bertz CT molecular complexity index is 527. The van der Waals surface area contributed by atoms with E-state index >= 15 is 0 Å². The predicted molar refractivity (Wildman–Crippen MR) is 115 cm³/mol. The number of guanidine groups is 1. The summed E-state index contributed by atoms with van der Waals surface area (Å²) in [6.07, 6.45) is 3.66. The Hall–Kier alpha value is -0.970. The minimum Gasteiger partial charge on any atom is -0.361 e. The summed E-state index contributed by atoms with van der Waals surface area (Å²) in [4.78, 5) is 17.9. The fourth-order valence-electron chi connectivity index (χ4n) is 2.04.